The van der Waals surface area contributed by atoms with Crippen LogP contribution in [0, 0.1) is 0 Å². The molecule has 5 nitrogen and oxygen atoms in total. The van der Waals surface area contributed by atoms with Crippen LogP contribution in [-0.2, 0) is 8.59 Å². The lowest BCUT2D eigenvalue weighted by Gasteiger charge is -2.26. The lowest BCUT2D eigenvalue weighted by molar-refractivity contribution is -0.120. The zero-order valence-electron chi connectivity index (χ0n) is 12.4. The van der Waals surface area contributed by atoms with Crippen LogP contribution in [0.25, 0.3) is 0 Å². The number of rotatable bonds is 5. The van der Waals surface area contributed by atoms with E-state index in [2.05, 4.69) is 9.36 Å². The number of alkyl halides is 3. The highest BCUT2D eigenvalue weighted by Gasteiger charge is 2.29. The molecule has 1 heterocycles. The second-order valence-corrected chi connectivity index (χ2v) is 7.86. The van der Waals surface area contributed by atoms with Gasteiger partial charge >= 0.3 is 0 Å². The summed E-state index contributed by atoms with van der Waals surface area (Å²) < 4.78 is 7.55. The first-order valence-electron chi connectivity index (χ1n) is 6.70. The normalized spacial score (nSPS) is 11.6. The van der Waals surface area contributed by atoms with E-state index >= 15 is 0 Å². The highest BCUT2D eigenvalue weighted by Crippen LogP contribution is 2.37. The van der Waals surface area contributed by atoms with E-state index in [4.69, 9.17) is 39.5 Å². The highest BCUT2D eigenvalue weighted by atomic mass is 35.6. The molecule has 0 fully saturated rings. The number of ether oxygens (including phenoxy) is 1. The van der Waals surface area contributed by atoms with Crippen LogP contribution in [0.3, 0.4) is 0 Å². The van der Waals surface area contributed by atoms with Gasteiger partial charge in [0.25, 0.3) is 14.9 Å². The Bertz CT molecular complexity index is 659. The van der Waals surface area contributed by atoms with Crippen molar-refractivity contribution in [1.29, 1.82) is 0 Å². The molecule has 124 valence electrons. The van der Waals surface area contributed by atoms with Crippen LogP contribution in [0.2, 0.25) is 0 Å². The maximum Gasteiger partial charge on any atom is 0.293 e. The summed E-state index contributed by atoms with van der Waals surface area (Å²) in [6, 6.07) is 9.35. The quantitative estimate of drug-likeness (QED) is 0.714. The summed E-state index contributed by atoms with van der Waals surface area (Å²) in [6.45, 7) is 3.68. The average molecular weight is 395 g/mol. The van der Waals surface area contributed by atoms with Crippen molar-refractivity contribution in [1.82, 2.24) is 9.36 Å². The summed E-state index contributed by atoms with van der Waals surface area (Å²) in [7, 11) is 0. The Hall–Kier alpha value is -1.08. The van der Waals surface area contributed by atoms with Gasteiger partial charge in [0.15, 0.2) is 12.4 Å². The number of hydrogen-bond acceptors (Lipinski definition) is 5. The number of aromatic nitrogens is 2. The van der Waals surface area contributed by atoms with Crippen molar-refractivity contribution in [3.05, 3.63) is 36.2 Å². The number of carbonyl (C=O) groups is 1. The van der Waals surface area contributed by atoms with E-state index in [1.807, 2.05) is 44.2 Å². The summed E-state index contributed by atoms with van der Waals surface area (Å²) in [5.41, 5.74) is 0.801. The fraction of sp³-hybridized carbons (Fsp3) is 0.357. The molecule has 0 N–H and O–H groups in total. The van der Waals surface area contributed by atoms with Crippen molar-refractivity contribution in [2.24, 2.45) is 0 Å². The monoisotopic (exact) mass is 393 g/mol. The summed E-state index contributed by atoms with van der Waals surface area (Å²) in [4.78, 5) is 18.0. The fourth-order valence-corrected chi connectivity index (χ4v) is 2.88. The number of nitrogens with zero attached hydrogens (tertiary/aromatic N) is 3. The molecule has 0 saturated heterocycles. The van der Waals surface area contributed by atoms with Gasteiger partial charge in [-0.15, -0.1) is 0 Å². The Kier molecular flexibility index (Phi) is 6.08. The third-order valence-electron chi connectivity index (χ3n) is 2.80. The molecule has 1 aromatic heterocycles. The van der Waals surface area contributed by atoms with Crippen LogP contribution < -0.4 is 9.64 Å². The standard InChI is InChI=1S/C14H14Cl3N3O2S/c1-9(2)20(10-6-4-3-5-7-10)11(21)8-22-13-18-12(19-23-13)14(15,16)17/h3-7,9H,8H2,1-2H3. The van der Waals surface area contributed by atoms with Gasteiger partial charge in [-0.2, -0.15) is 9.36 Å². The number of amides is 1. The Morgan fingerprint density at radius 1 is 1.30 bits per heavy atom. The average Bonchev–Trinajstić information content (AvgIpc) is 2.95. The Labute approximate surface area is 153 Å². The molecular formula is C14H14Cl3N3O2S. The Morgan fingerprint density at radius 3 is 2.48 bits per heavy atom. The molecule has 0 atom stereocenters. The second-order valence-electron chi connectivity index (χ2n) is 4.86. The van der Waals surface area contributed by atoms with E-state index < -0.39 is 3.79 Å². The van der Waals surface area contributed by atoms with Crippen LogP contribution in [0.5, 0.6) is 5.19 Å². The number of carbonyl (C=O) groups excluding carboxylic acids is 1. The first-order valence-corrected chi connectivity index (χ1v) is 8.60. The molecule has 0 spiro atoms. The molecule has 0 saturated carbocycles. The minimum atomic E-state index is -1.71. The van der Waals surface area contributed by atoms with Gasteiger partial charge < -0.3 is 9.64 Å². The van der Waals surface area contributed by atoms with Crippen molar-refractivity contribution in [2.75, 3.05) is 11.5 Å². The Morgan fingerprint density at radius 2 is 1.96 bits per heavy atom. The Balaban J connectivity index is 2.04. The molecule has 0 aliphatic carbocycles. The lowest BCUT2D eigenvalue weighted by Crippen LogP contribution is -2.40. The first kappa shape index (κ1) is 18.3. The first-order chi connectivity index (χ1) is 10.8. The molecule has 0 unspecified atom stereocenters. The zero-order valence-corrected chi connectivity index (χ0v) is 15.5. The van der Waals surface area contributed by atoms with Crippen LogP contribution >= 0.6 is 46.3 Å². The van der Waals surface area contributed by atoms with Crippen molar-refractivity contribution in [3.8, 4) is 5.19 Å². The van der Waals surface area contributed by atoms with E-state index in [-0.39, 0.29) is 29.6 Å². The molecule has 0 radical (unpaired) electrons. The van der Waals surface area contributed by atoms with Gasteiger partial charge in [0.05, 0.1) is 0 Å². The van der Waals surface area contributed by atoms with Crippen LogP contribution in [0.15, 0.2) is 30.3 Å². The fourth-order valence-electron chi connectivity index (χ4n) is 1.90. The molecule has 9 heteroatoms. The van der Waals surface area contributed by atoms with Gasteiger partial charge in [-0.05, 0) is 26.0 Å². The van der Waals surface area contributed by atoms with Crippen molar-refractivity contribution in [3.63, 3.8) is 0 Å². The topological polar surface area (TPSA) is 55.3 Å². The summed E-state index contributed by atoms with van der Waals surface area (Å²) in [5.74, 6) is -0.171. The highest BCUT2D eigenvalue weighted by molar-refractivity contribution is 7.07. The van der Waals surface area contributed by atoms with Crippen molar-refractivity contribution >= 4 is 57.9 Å². The van der Waals surface area contributed by atoms with E-state index in [1.165, 1.54) is 0 Å². The van der Waals surface area contributed by atoms with Crippen LogP contribution in [0.1, 0.15) is 19.7 Å². The number of benzene rings is 1. The molecule has 1 aromatic carbocycles. The predicted octanol–water partition coefficient (Wildman–Crippen LogP) is 4.19. The van der Waals surface area contributed by atoms with Gasteiger partial charge in [0, 0.05) is 23.3 Å². The smallest absolute Gasteiger partial charge is 0.293 e. The van der Waals surface area contributed by atoms with Gasteiger partial charge in [-0.3, -0.25) is 4.79 Å². The summed E-state index contributed by atoms with van der Waals surface area (Å²) >= 11 is 18.0. The van der Waals surface area contributed by atoms with Crippen molar-refractivity contribution in [2.45, 2.75) is 23.7 Å². The van der Waals surface area contributed by atoms with E-state index in [0.29, 0.717) is 0 Å². The maximum absolute atomic E-state index is 12.4. The molecule has 0 aliphatic heterocycles. The van der Waals surface area contributed by atoms with Crippen LogP contribution in [-0.4, -0.2) is 27.9 Å². The number of para-hydroxylation sites is 1. The summed E-state index contributed by atoms with van der Waals surface area (Å²) in [5, 5.41) is 0.177. The predicted molar refractivity (Wildman–Crippen MR) is 93.7 cm³/mol. The minimum absolute atomic E-state index is 0.0142. The molecule has 0 bridgehead atoms. The molecule has 2 rings (SSSR count). The van der Waals surface area contributed by atoms with E-state index in [9.17, 15) is 4.79 Å². The maximum atomic E-state index is 12.4. The molecule has 23 heavy (non-hydrogen) atoms. The van der Waals surface area contributed by atoms with Gasteiger partial charge in [-0.1, -0.05) is 53.0 Å². The molecule has 2 aromatic rings. The molecule has 0 aliphatic rings. The third-order valence-corrected chi connectivity index (χ3v) is 3.94. The summed E-state index contributed by atoms with van der Waals surface area (Å²) in [6.07, 6.45) is 0. The molecule has 1 amide bonds. The van der Waals surface area contributed by atoms with Crippen molar-refractivity contribution < 1.29 is 9.53 Å². The SMILES string of the molecule is CC(C)N(C(=O)COc1nc(C(Cl)(Cl)Cl)ns1)c1ccccc1. The minimum Gasteiger partial charge on any atom is -0.459 e. The van der Waals surface area contributed by atoms with Gasteiger partial charge in [0.2, 0.25) is 0 Å². The van der Waals surface area contributed by atoms with Gasteiger partial charge in [-0.25, -0.2) is 0 Å². The number of hydrogen-bond donors (Lipinski definition) is 0. The second kappa shape index (κ2) is 7.66. The largest absolute Gasteiger partial charge is 0.459 e. The molecular weight excluding hydrogens is 381 g/mol. The van der Waals surface area contributed by atoms with E-state index in [1.54, 1.807) is 4.90 Å². The lowest BCUT2D eigenvalue weighted by atomic mass is 10.2. The van der Waals surface area contributed by atoms with Crippen LogP contribution in [0.4, 0.5) is 5.69 Å². The van der Waals surface area contributed by atoms with Gasteiger partial charge in [0.1, 0.15) is 0 Å². The number of anilines is 1. The van der Waals surface area contributed by atoms with E-state index in [0.717, 1.165) is 17.2 Å². The zero-order chi connectivity index (χ0) is 17.0. The third kappa shape index (κ3) is 4.94. The number of halogens is 3.